The molecule has 0 aliphatic heterocycles. The maximum absolute atomic E-state index is 14.2. The summed E-state index contributed by atoms with van der Waals surface area (Å²) in [6.45, 7) is 5.24. The molecule has 1 saturated carbocycles. The molecule has 1 fully saturated rings. The number of halogens is 4. The van der Waals surface area contributed by atoms with Gasteiger partial charge in [-0.2, -0.15) is 13.2 Å². The standard InChI is InChI=1S/C24H27F4N2O2P.C3H4/c1-13(15-4-5-15)10-16(8-9-24(26,27)28)19-6-7-20(32-19)23(31)30-14(2)17-11-18(25)22(29-3)21(33)12-17;1-3-2/h6-8,10-12,14-15,29H,4-5,9,33H2,1-3H3,(H,30,31);1H,2H3/b13-10+,16-8+;. The number of furan rings is 1. The van der Waals surface area contributed by atoms with Crippen molar-refractivity contribution in [2.24, 2.45) is 5.92 Å². The Labute approximate surface area is 211 Å². The highest BCUT2D eigenvalue weighted by molar-refractivity contribution is 7.28. The highest BCUT2D eigenvalue weighted by Gasteiger charge is 2.27. The summed E-state index contributed by atoms with van der Waals surface area (Å²) in [6.07, 6.45) is 3.96. The van der Waals surface area contributed by atoms with Crippen LogP contribution in [0.2, 0.25) is 0 Å². The van der Waals surface area contributed by atoms with Gasteiger partial charge in [0.1, 0.15) is 11.6 Å². The Bertz CT molecular complexity index is 1150. The number of allylic oxidation sites excluding steroid dienone is 4. The summed E-state index contributed by atoms with van der Waals surface area (Å²) in [7, 11) is 4.06. The summed E-state index contributed by atoms with van der Waals surface area (Å²) in [4.78, 5) is 12.7. The zero-order chi connectivity index (χ0) is 27.0. The van der Waals surface area contributed by atoms with Crippen molar-refractivity contribution in [2.45, 2.75) is 52.3 Å². The van der Waals surface area contributed by atoms with Gasteiger partial charge < -0.3 is 15.1 Å². The first-order chi connectivity index (χ1) is 16.9. The molecule has 0 bridgehead atoms. The smallest absolute Gasteiger partial charge is 0.392 e. The summed E-state index contributed by atoms with van der Waals surface area (Å²) in [6, 6.07) is 5.46. The van der Waals surface area contributed by atoms with Crippen LogP contribution in [0.5, 0.6) is 0 Å². The molecule has 3 rings (SSSR count). The average molecular weight is 523 g/mol. The van der Waals surface area contributed by atoms with Crippen molar-refractivity contribution < 1.29 is 26.8 Å². The average Bonchev–Trinajstić information content (AvgIpc) is 3.53. The minimum Gasteiger partial charge on any atom is -0.451 e. The summed E-state index contributed by atoms with van der Waals surface area (Å²) >= 11 is 0. The van der Waals surface area contributed by atoms with Gasteiger partial charge in [0.15, 0.2) is 5.76 Å². The Hall–Kier alpha value is -3.04. The molecule has 2 aromatic rings. The fourth-order valence-electron chi connectivity index (χ4n) is 3.49. The van der Waals surface area contributed by atoms with Gasteiger partial charge in [0.25, 0.3) is 5.91 Å². The number of carbonyl (C=O) groups excluding carboxylic acids is 1. The Balaban J connectivity index is 0.00000145. The second kappa shape index (κ2) is 12.8. The molecule has 1 aromatic heterocycles. The van der Waals surface area contributed by atoms with Gasteiger partial charge in [-0.25, -0.2) is 4.39 Å². The minimum absolute atomic E-state index is 0.0364. The number of anilines is 1. The van der Waals surface area contributed by atoms with E-state index in [0.29, 0.717) is 28.0 Å². The van der Waals surface area contributed by atoms with Crippen LogP contribution in [-0.2, 0) is 0 Å². The zero-order valence-corrected chi connectivity index (χ0v) is 21.9. The number of alkyl halides is 3. The van der Waals surface area contributed by atoms with Crippen LogP contribution in [-0.4, -0.2) is 19.1 Å². The van der Waals surface area contributed by atoms with Crippen LogP contribution in [0.15, 0.2) is 46.4 Å². The molecule has 2 N–H and O–H groups in total. The number of nitrogens with one attached hydrogen (secondary N) is 2. The number of hydrogen-bond acceptors (Lipinski definition) is 3. The maximum atomic E-state index is 14.2. The maximum Gasteiger partial charge on any atom is 0.392 e. The van der Waals surface area contributed by atoms with Crippen molar-refractivity contribution in [3.63, 3.8) is 0 Å². The first-order valence-electron chi connectivity index (χ1n) is 11.4. The Morgan fingerprint density at radius 2 is 1.92 bits per heavy atom. The summed E-state index contributed by atoms with van der Waals surface area (Å²) < 4.78 is 58.2. The number of carbonyl (C=O) groups is 1. The van der Waals surface area contributed by atoms with Gasteiger partial charge in [0, 0.05) is 12.6 Å². The van der Waals surface area contributed by atoms with E-state index in [0.717, 1.165) is 24.5 Å². The van der Waals surface area contributed by atoms with Crippen molar-refractivity contribution in [1.82, 2.24) is 5.32 Å². The minimum atomic E-state index is -4.34. The van der Waals surface area contributed by atoms with E-state index in [9.17, 15) is 22.4 Å². The highest BCUT2D eigenvalue weighted by atomic mass is 31.0. The van der Waals surface area contributed by atoms with Gasteiger partial charge in [0.05, 0.1) is 18.2 Å². The predicted molar refractivity (Wildman–Crippen MR) is 140 cm³/mol. The first-order valence-corrected chi connectivity index (χ1v) is 12.0. The van der Waals surface area contributed by atoms with Crippen LogP contribution in [0.3, 0.4) is 0 Å². The molecule has 1 aliphatic rings. The number of benzene rings is 1. The van der Waals surface area contributed by atoms with Crippen molar-refractivity contribution in [3.8, 4) is 12.3 Å². The molecular weight excluding hydrogens is 491 g/mol. The normalized spacial score (nSPS) is 14.9. The number of terminal acetylenes is 1. The molecule has 1 aromatic carbocycles. The van der Waals surface area contributed by atoms with E-state index in [4.69, 9.17) is 4.42 Å². The lowest BCUT2D eigenvalue weighted by atomic mass is 10.1. The van der Waals surface area contributed by atoms with Crippen molar-refractivity contribution in [1.29, 1.82) is 0 Å². The third-order valence-corrected chi connectivity index (χ3v) is 5.97. The van der Waals surface area contributed by atoms with E-state index in [1.165, 1.54) is 18.2 Å². The van der Waals surface area contributed by atoms with Gasteiger partial charge in [-0.3, -0.25) is 4.79 Å². The van der Waals surface area contributed by atoms with Crippen LogP contribution in [0, 0.1) is 24.1 Å². The van der Waals surface area contributed by atoms with Crippen LogP contribution in [0.25, 0.3) is 5.57 Å². The molecule has 0 spiro atoms. The lowest BCUT2D eigenvalue weighted by molar-refractivity contribution is -0.124. The third-order valence-electron chi connectivity index (χ3n) is 5.51. The fraction of sp³-hybridized carbons (Fsp3) is 0.370. The molecule has 1 amide bonds. The molecule has 36 heavy (non-hydrogen) atoms. The molecule has 1 heterocycles. The highest BCUT2D eigenvalue weighted by Crippen LogP contribution is 2.38. The number of rotatable bonds is 8. The second-order valence-electron chi connectivity index (χ2n) is 8.51. The molecule has 0 saturated heterocycles. The summed E-state index contributed by atoms with van der Waals surface area (Å²) in [5.74, 6) is 1.79. The molecule has 194 valence electrons. The summed E-state index contributed by atoms with van der Waals surface area (Å²) in [5, 5.41) is 6.13. The van der Waals surface area contributed by atoms with E-state index in [1.54, 1.807) is 33.0 Å². The molecule has 1 aliphatic carbocycles. The zero-order valence-electron chi connectivity index (χ0n) is 20.7. The van der Waals surface area contributed by atoms with Crippen LogP contribution in [0.4, 0.5) is 23.2 Å². The van der Waals surface area contributed by atoms with Crippen LogP contribution < -0.4 is 15.9 Å². The van der Waals surface area contributed by atoms with Crippen LogP contribution >= 0.6 is 9.24 Å². The molecular formula is C27H31F4N2O2P. The Morgan fingerprint density at radius 1 is 1.31 bits per heavy atom. The number of hydrogen-bond donors (Lipinski definition) is 2. The van der Waals surface area contributed by atoms with Crippen molar-refractivity contribution >= 4 is 31.7 Å². The van der Waals surface area contributed by atoms with Crippen molar-refractivity contribution in [3.05, 3.63) is 64.9 Å². The van der Waals surface area contributed by atoms with E-state index in [1.807, 2.05) is 6.92 Å². The summed E-state index contributed by atoms with van der Waals surface area (Å²) in [5.41, 5.74) is 2.19. The van der Waals surface area contributed by atoms with E-state index in [2.05, 4.69) is 32.2 Å². The Kier molecular flexibility index (Phi) is 10.4. The van der Waals surface area contributed by atoms with Gasteiger partial charge >= 0.3 is 6.18 Å². The van der Waals surface area contributed by atoms with Crippen molar-refractivity contribution in [2.75, 3.05) is 12.4 Å². The lowest BCUT2D eigenvalue weighted by Gasteiger charge is -2.16. The van der Waals surface area contributed by atoms with Crippen LogP contribution in [0.1, 0.15) is 68.0 Å². The van der Waals surface area contributed by atoms with Gasteiger partial charge in [-0.1, -0.05) is 17.7 Å². The molecule has 0 radical (unpaired) electrons. The topological polar surface area (TPSA) is 54.3 Å². The largest absolute Gasteiger partial charge is 0.451 e. The fourth-order valence-corrected chi connectivity index (χ4v) is 3.96. The molecule has 2 atom stereocenters. The lowest BCUT2D eigenvalue weighted by Crippen LogP contribution is -2.27. The number of amides is 1. The van der Waals surface area contributed by atoms with E-state index in [-0.39, 0.29) is 11.5 Å². The predicted octanol–water partition coefficient (Wildman–Crippen LogP) is 6.78. The quantitative estimate of drug-likeness (QED) is 0.174. The van der Waals surface area contributed by atoms with E-state index < -0.39 is 30.4 Å². The van der Waals surface area contributed by atoms with Gasteiger partial charge in [-0.05, 0) is 74.7 Å². The Morgan fingerprint density at radius 3 is 2.44 bits per heavy atom. The second-order valence-corrected chi connectivity index (χ2v) is 9.13. The first kappa shape index (κ1) is 29.2. The monoisotopic (exact) mass is 522 g/mol. The molecule has 2 unspecified atom stereocenters. The SMILES string of the molecule is C#CC.CNc1c(F)cc(C(C)NC(=O)c2ccc(C(=C/CC(F)(F)F)/C=C(\C)C3CC3)o2)cc1P. The molecule has 4 nitrogen and oxygen atoms in total. The van der Waals surface area contributed by atoms with Gasteiger partial charge in [0.2, 0.25) is 0 Å². The van der Waals surface area contributed by atoms with Gasteiger partial charge in [-0.15, -0.1) is 21.6 Å². The third kappa shape index (κ3) is 8.57. The van der Waals surface area contributed by atoms with E-state index >= 15 is 0 Å². The molecule has 9 heteroatoms.